The molecule has 34 heavy (non-hydrogen) atoms. The summed E-state index contributed by atoms with van der Waals surface area (Å²) in [7, 11) is 0. The highest BCUT2D eigenvalue weighted by Crippen LogP contribution is 2.32. The number of pyridine rings is 1. The number of carbonyl (C=O) groups excluding carboxylic acids is 2. The van der Waals surface area contributed by atoms with Crippen molar-refractivity contribution in [2.75, 3.05) is 13.6 Å². The Hall–Kier alpha value is -4.93. The number of benzene rings is 2. The molecule has 2 amide bonds. The van der Waals surface area contributed by atoms with Gasteiger partial charge in [0.1, 0.15) is 11.4 Å². The average Bonchev–Trinajstić information content (AvgIpc) is 3.52. The van der Waals surface area contributed by atoms with Gasteiger partial charge >= 0.3 is 0 Å². The Morgan fingerprint density at radius 3 is 1.68 bits per heavy atom. The lowest BCUT2D eigenvalue weighted by Crippen LogP contribution is -2.23. The van der Waals surface area contributed by atoms with Gasteiger partial charge in [-0.3, -0.25) is 9.59 Å². The van der Waals surface area contributed by atoms with E-state index in [1.54, 1.807) is 42.5 Å². The first-order chi connectivity index (χ1) is 16.7. The summed E-state index contributed by atoms with van der Waals surface area (Å²) in [6.07, 6.45) is 2.92. The molecule has 0 unspecified atom stereocenters. The summed E-state index contributed by atoms with van der Waals surface area (Å²) in [5.74, 6) is 1.38. The SMILES string of the molecule is O=C(NN=Cc1ccc2c(c1)OCO2)c1cccc(C(=O)NN=Cc2ccc3c(c2)OCO3)n1. The summed E-state index contributed by atoms with van der Waals surface area (Å²) >= 11 is 0. The zero-order valence-electron chi connectivity index (χ0n) is 17.6. The maximum Gasteiger partial charge on any atom is 0.289 e. The van der Waals surface area contributed by atoms with Crippen molar-refractivity contribution in [1.29, 1.82) is 0 Å². The molecule has 3 aromatic rings. The number of nitrogens with one attached hydrogen (secondary N) is 2. The van der Waals surface area contributed by atoms with Gasteiger partial charge in [0.25, 0.3) is 11.8 Å². The number of carbonyl (C=O) groups is 2. The van der Waals surface area contributed by atoms with E-state index in [0.717, 1.165) is 0 Å². The maximum absolute atomic E-state index is 12.4. The Balaban J connectivity index is 1.18. The molecule has 0 spiro atoms. The lowest BCUT2D eigenvalue weighted by molar-refractivity contribution is 0.0945. The molecule has 0 aliphatic carbocycles. The number of hydrazone groups is 2. The van der Waals surface area contributed by atoms with Gasteiger partial charge in [0.2, 0.25) is 13.6 Å². The van der Waals surface area contributed by atoms with E-state index in [4.69, 9.17) is 18.9 Å². The van der Waals surface area contributed by atoms with E-state index in [1.165, 1.54) is 24.6 Å². The Bertz CT molecular complexity index is 1230. The lowest BCUT2D eigenvalue weighted by Gasteiger charge is -2.03. The normalized spacial score (nSPS) is 13.4. The number of nitrogens with zero attached hydrogens (tertiary/aromatic N) is 3. The van der Waals surface area contributed by atoms with Crippen LogP contribution in [0.15, 0.2) is 64.8 Å². The number of fused-ring (bicyclic) bond motifs is 2. The zero-order valence-corrected chi connectivity index (χ0v) is 17.6. The van der Waals surface area contributed by atoms with E-state index < -0.39 is 11.8 Å². The van der Waals surface area contributed by atoms with E-state index in [-0.39, 0.29) is 25.0 Å². The molecule has 0 atom stereocenters. The van der Waals surface area contributed by atoms with Crippen LogP contribution in [-0.4, -0.2) is 42.8 Å². The standard InChI is InChI=1S/C23H17N5O6/c29-22(27-24-10-14-4-6-18-20(8-14)33-12-31-18)16-2-1-3-17(26-16)23(30)28-25-11-15-5-7-19-21(9-15)34-13-32-19/h1-11H,12-13H2,(H,27,29)(H,28,30). The predicted octanol–water partition coefficient (Wildman–Crippen LogP) is 2.07. The smallest absolute Gasteiger partial charge is 0.289 e. The number of hydrogen-bond acceptors (Lipinski definition) is 9. The van der Waals surface area contributed by atoms with Crippen molar-refractivity contribution in [3.05, 3.63) is 77.1 Å². The molecular formula is C23H17N5O6. The first-order valence-electron chi connectivity index (χ1n) is 10.1. The van der Waals surface area contributed by atoms with Crippen LogP contribution < -0.4 is 29.8 Å². The lowest BCUT2D eigenvalue weighted by atomic mass is 10.2. The van der Waals surface area contributed by atoms with Gasteiger partial charge in [-0.15, -0.1) is 0 Å². The molecule has 2 aliphatic rings. The summed E-state index contributed by atoms with van der Waals surface area (Å²) in [5.41, 5.74) is 6.23. The minimum Gasteiger partial charge on any atom is -0.454 e. The second-order valence-corrected chi connectivity index (χ2v) is 7.03. The summed E-state index contributed by atoms with van der Waals surface area (Å²) in [4.78, 5) is 28.8. The topological polar surface area (TPSA) is 133 Å². The van der Waals surface area contributed by atoms with Crippen molar-refractivity contribution >= 4 is 24.2 Å². The molecule has 5 rings (SSSR count). The fourth-order valence-electron chi connectivity index (χ4n) is 3.12. The van der Waals surface area contributed by atoms with Crippen molar-refractivity contribution in [3.8, 4) is 23.0 Å². The van der Waals surface area contributed by atoms with Crippen LogP contribution in [0.25, 0.3) is 0 Å². The highest BCUT2D eigenvalue weighted by Gasteiger charge is 2.14. The van der Waals surface area contributed by atoms with Crippen molar-refractivity contribution < 1.29 is 28.5 Å². The van der Waals surface area contributed by atoms with Gasteiger partial charge in [-0.05, 0) is 59.7 Å². The fourth-order valence-corrected chi connectivity index (χ4v) is 3.12. The minimum absolute atomic E-state index is 0.0234. The second kappa shape index (κ2) is 9.28. The van der Waals surface area contributed by atoms with E-state index in [0.29, 0.717) is 34.1 Å². The van der Waals surface area contributed by atoms with Gasteiger partial charge in [0, 0.05) is 0 Å². The van der Waals surface area contributed by atoms with Crippen LogP contribution in [0.4, 0.5) is 0 Å². The minimum atomic E-state index is -0.574. The average molecular weight is 459 g/mol. The molecule has 2 aliphatic heterocycles. The van der Waals surface area contributed by atoms with E-state index in [1.807, 2.05) is 0 Å². The number of ether oxygens (including phenoxy) is 4. The first-order valence-corrected chi connectivity index (χ1v) is 10.1. The molecule has 3 heterocycles. The highest BCUT2D eigenvalue weighted by molar-refractivity contribution is 5.97. The quantitative estimate of drug-likeness (QED) is 0.426. The number of rotatable bonds is 6. The molecule has 0 saturated carbocycles. The van der Waals surface area contributed by atoms with E-state index in [2.05, 4.69) is 26.0 Å². The van der Waals surface area contributed by atoms with Gasteiger partial charge in [-0.1, -0.05) is 6.07 Å². The number of amides is 2. The summed E-state index contributed by atoms with van der Waals surface area (Å²) < 4.78 is 21.1. The maximum atomic E-state index is 12.4. The molecule has 2 aromatic carbocycles. The third-order valence-electron chi connectivity index (χ3n) is 4.77. The molecule has 11 nitrogen and oxygen atoms in total. The van der Waals surface area contributed by atoms with Crippen molar-refractivity contribution in [3.63, 3.8) is 0 Å². The molecule has 11 heteroatoms. The van der Waals surface area contributed by atoms with Crippen LogP contribution in [0.1, 0.15) is 32.1 Å². The first kappa shape index (κ1) is 20.9. The zero-order chi connectivity index (χ0) is 23.3. The molecule has 0 bridgehead atoms. The Kier molecular flexibility index (Phi) is 5.72. The van der Waals surface area contributed by atoms with Crippen LogP contribution in [0.5, 0.6) is 23.0 Å². The molecule has 0 fully saturated rings. The summed E-state index contributed by atoms with van der Waals surface area (Å²) in [6.45, 7) is 0.345. The van der Waals surface area contributed by atoms with Gasteiger partial charge < -0.3 is 18.9 Å². The van der Waals surface area contributed by atoms with E-state index >= 15 is 0 Å². The van der Waals surface area contributed by atoms with Crippen LogP contribution in [0.2, 0.25) is 0 Å². The van der Waals surface area contributed by atoms with Crippen LogP contribution in [0, 0.1) is 0 Å². The van der Waals surface area contributed by atoms with Gasteiger partial charge in [-0.25, -0.2) is 15.8 Å². The largest absolute Gasteiger partial charge is 0.454 e. The summed E-state index contributed by atoms with van der Waals surface area (Å²) in [6, 6.07) is 15.0. The van der Waals surface area contributed by atoms with Gasteiger partial charge in [0.05, 0.1) is 12.4 Å². The van der Waals surface area contributed by atoms with Gasteiger partial charge in [-0.2, -0.15) is 10.2 Å². The predicted molar refractivity (Wildman–Crippen MR) is 119 cm³/mol. The third-order valence-corrected chi connectivity index (χ3v) is 4.77. The Morgan fingerprint density at radius 1 is 0.706 bits per heavy atom. The van der Waals surface area contributed by atoms with Crippen LogP contribution in [-0.2, 0) is 0 Å². The Morgan fingerprint density at radius 2 is 1.18 bits per heavy atom. The molecule has 1 aromatic heterocycles. The Labute approximate surface area is 193 Å². The molecule has 0 radical (unpaired) electrons. The highest BCUT2D eigenvalue weighted by atomic mass is 16.7. The molecule has 2 N–H and O–H groups in total. The van der Waals surface area contributed by atoms with Crippen LogP contribution >= 0.6 is 0 Å². The summed E-state index contributed by atoms with van der Waals surface area (Å²) in [5, 5.41) is 7.84. The number of aromatic nitrogens is 1. The van der Waals surface area contributed by atoms with Crippen molar-refractivity contribution in [2.45, 2.75) is 0 Å². The van der Waals surface area contributed by atoms with Crippen molar-refractivity contribution in [1.82, 2.24) is 15.8 Å². The second-order valence-electron chi connectivity index (χ2n) is 7.03. The molecular weight excluding hydrogens is 442 g/mol. The third kappa shape index (κ3) is 4.63. The molecule has 0 saturated heterocycles. The molecule has 170 valence electrons. The monoisotopic (exact) mass is 459 g/mol. The fraction of sp³-hybridized carbons (Fsp3) is 0.0870. The van der Waals surface area contributed by atoms with Crippen LogP contribution in [0.3, 0.4) is 0 Å². The van der Waals surface area contributed by atoms with E-state index in [9.17, 15) is 9.59 Å². The number of hydrogen-bond donors (Lipinski definition) is 2. The van der Waals surface area contributed by atoms with Crippen molar-refractivity contribution in [2.24, 2.45) is 10.2 Å². The van der Waals surface area contributed by atoms with Gasteiger partial charge in [0.15, 0.2) is 23.0 Å².